The smallest absolute Gasteiger partial charge is 0.306 e. The molecule has 2 N–H and O–H groups in total. The molecule has 19 heavy (non-hydrogen) atoms. The van der Waals surface area contributed by atoms with Gasteiger partial charge >= 0.3 is 5.97 Å². The molecule has 1 heterocycles. The Morgan fingerprint density at radius 3 is 2.53 bits per heavy atom. The van der Waals surface area contributed by atoms with Gasteiger partial charge in [0.25, 0.3) is 0 Å². The Kier molecular flexibility index (Phi) is 4.19. The van der Waals surface area contributed by atoms with Gasteiger partial charge in [0.1, 0.15) is 5.76 Å². The monoisotopic (exact) mass is 266 g/mol. The minimum absolute atomic E-state index is 0.0420. The van der Waals surface area contributed by atoms with Gasteiger partial charge in [-0.25, -0.2) is 4.98 Å². The SMILES string of the molecule is Cc1cnc(CNC(=O)C2CCC(C(=O)O)CC2)o1. The number of carboxylic acid groups (broad SMARTS) is 1. The highest BCUT2D eigenvalue weighted by atomic mass is 16.4. The number of aliphatic carboxylic acids is 1. The molecule has 0 bridgehead atoms. The predicted octanol–water partition coefficient (Wildman–Crippen LogP) is 1.49. The van der Waals surface area contributed by atoms with Gasteiger partial charge in [-0.05, 0) is 32.6 Å². The van der Waals surface area contributed by atoms with Crippen LogP contribution in [0.25, 0.3) is 0 Å². The van der Waals surface area contributed by atoms with Crippen molar-refractivity contribution in [3.8, 4) is 0 Å². The van der Waals surface area contributed by atoms with E-state index < -0.39 is 5.97 Å². The molecular formula is C13H18N2O4. The second kappa shape index (κ2) is 5.86. The molecule has 1 aliphatic carbocycles. The summed E-state index contributed by atoms with van der Waals surface area (Å²) in [5, 5.41) is 11.7. The van der Waals surface area contributed by atoms with Crippen LogP contribution in [0.4, 0.5) is 0 Å². The van der Waals surface area contributed by atoms with Gasteiger partial charge in [-0.3, -0.25) is 9.59 Å². The van der Waals surface area contributed by atoms with Gasteiger partial charge < -0.3 is 14.8 Å². The summed E-state index contributed by atoms with van der Waals surface area (Å²) < 4.78 is 5.27. The molecule has 0 radical (unpaired) electrons. The lowest BCUT2D eigenvalue weighted by Gasteiger charge is -2.24. The molecule has 2 rings (SSSR count). The number of hydrogen-bond acceptors (Lipinski definition) is 4. The number of oxazole rings is 1. The molecule has 6 heteroatoms. The average Bonchev–Trinajstić information content (AvgIpc) is 2.82. The van der Waals surface area contributed by atoms with E-state index >= 15 is 0 Å². The number of carboxylic acids is 1. The Labute approximate surface area is 111 Å². The third-order valence-electron chi connectivity index (χ3n) is 3.53. The number of aryl methyl sites for hydroxylation is 1. The first-order chi connectivity index (χ1) is 9.06. The standard InChI is InChI=1S/C13H18N2O4/c1-8-6-14-11(19-8)7-15-12(16)9-2-4-10(5-3-9)13(17)18/h6,9-10H,2-5,7H2,1H3,(H,15,16)(H,17,18). The molecule has 6 nitrogen and oxygen atoms in total. The maximum Gasteiger partial charge on any atom is 0.306 e. The Balaban J connectivity index is 1.77. The highest BCUT2D eigenvalue weighted by Crippen LogP contribution is 2.29. The number of nitrogens with zero attached hydrogens (tertiary/aromatic N) is 1. The van der Waals surface area contributed by atoms with Crippen molar-refractivity contribution in [3.05, 3.63) is 17.8 Å². The summed E-state index contributed by atoms with van der Waals surface area (Å²) in [6.07, 6.45) is 4.03. The number of rotatable bonds is 4. The summed E-state index contributed by atoms with van der Waals surface area (Å²) in [7, 11) is 0. The molecule has 1 aromatic heterocycles. The van der Waals surface area contributed by atoms with Crippen molar-refractivity contribution in [2.45, 2.75) is 39.2 Å². The summed E-state index contributed by atoms with van der Waals surface area (Å²) in [5.41, 5.74) is 0. The van der Waals surface area contributed by atoms with Crippen molar-refractivity contribution < 1.29 is 19.1 Å². The van der Waals surface area contributed by atoms with E-state index in [1.807, 2.05) is 0 Å². The van der Waals surface area contributed by atoms with Gasteiger partial charge in [-0.15, -0.1) is 0 Å². The second-order valence-corrected chi connectivity index (χ2v) is 4.97. The highest BCUT2D eigenvalue weighted by molar-refractivity contribution is 5.79. The Morgan fingerprint density at radius 1 is 1.37 bits per heavy atom. The van der Waals surface area contributed by atoms with Crippen LogP contribution >= 0.6 is 0 Å². The van der Waals surface area contributed by atoms with Gasteiger partial charge in [0, 0.05) is 5.92 Å². The zero-order valence-electron chi connectivity index (χ0n) is 10.9. The molecule has 1 saturated carbocycles. The molecule has 1 aliphatic rings. The first-order valence-corrected chi connectivity index (χ1v) is 6.48. The van der Waals surface area contributed by atoms with Gasteiger partial charge in [0.15, 0.2) is 0 Å². The number of aromatic nitrogens is 1. The maximum atomic E-state index is 11.9. The Morgan fingerprint density at radius 2 is 2.00 bits per heavy atom. The van der Waals surface area contributed by atoms with E-state index in [4.69, 9.17) is 9.52 Å². The van der Waals surface area contributed by atoms with E-state index in [1.54, 1.807) is 13.1 Å². The first-order valence-electron chi connectivity index (χ1n) is 6.48. The van der Waals surface area contributed by atoms with E-state index in [2.05, 4.69) is 10.3 Å². The molecule has 0 aromatic carbocycles. The molecule has 0 atom stereocenters. The van der Waals surface area contributed by atoms with Crippen LogP contribution in [-0.2, 0) is 16.1 Å². The third-order valence-corrected chi connectivity index (χ3v) is 3.53. The van der Waals surface area contributed by atoms with Crippen LogP contribution in [0, 0.1) is 18.8 Å². The topological polar surface area (TPSA) is 92.4 Å². The summed E-state index contributed by atoms with van der Waals surface area (Å²) >= 11 is 0. The molecule has 0 unspecified atom stereocenters. The molecular weight excluding hydrogens is 248 g/mol. The summed E-state index contributed by atoms with van der Waals surface area (Å²) in [6.45, 7) is 2.08. The summed E-state index contributed by atoms with van der Waals surface area (Å²) in [4.78, 5) is 26.8. The quantitative estimate of drug-likeness (QED) is 0.861. The lowest BCUT2D eigenvalue weighted by Crippen LogP contribution is -2.34. The number of nitrogens with one attached hydrogen (secondary N) is 1. The molecule has 1 aromatic rings. The van der Waals surface area contributed by atoms with E-state index in [0.717, 1.165) is 0 Å². The fourth-order valence-electron chi connectivity index (χ4n) is 2.39. The van der Waals surface area contributed by atoms with Crippen molar-refractivity contribution in [3.63, 3.8) is 0 Å². The van der Waals surface area contributed by atoms with Crippen LogP contribution in [-0.4, -0.2) is 22.0 Å². The largest absolute Gasteiger partial charge is 0.481 e. The van der Waals surface area contributed by atoms with E-state index in [-0.39, 0.29) is 24.3 Å². The zero-order chi connectivity index (χ0) is 13.8. The first kappa shape index (κ1) is 13.6. The number of amides is 1. The van der Waals surface area contributed by atoms with Gasteiger partial charge in [0.2, 0.25) is 11.8 Å². The molecule has 0 saturated heterocycles. The number of hydrogen-bond donors (Lipinski definition) is 2. The van der Waals surface area contributed by atoms with Crippen LogP contribution in [0.3, 0.4) is 0 Å². The minimum Gasteiger partial charge on any atom is -0.481 e. The average molecular weight is 266 g/mol. The number of carbonyl (C=O) groups is 2. The molecule has 0 aliphatic heterocycles. The molecule has 0 spiro atoms. The van der Waals surface area contributed by atoms with Crippen molar-refractivity contribution >= 4 is 11.9 Å². The zero-order valence-corrected chi connectivity index (χ0v) is 10.9. The fourth-order valence-corrected chi connectivity index (χ4v) is 2.39. The van der Waals surface area contributed by atoms with Crippen molar-refractivity contribution in [2.75, 3.05) is 0 Å². The molecule has 1 fully saturated rings. The summed E-state index contributed by atoms with van der Waals surface area (Å²) in [5.74, 6) is 0.0233. The van der Waals surface area contributed by atoms with Gasteiger partial charge in [-0.2, -0.15) is 0 Å². The van der Waals surface area contributed by atoms with Crippen molar-refractivity contribution in [1.82, 2.24) is 10.3 Å². The van der Waals surface area contributed by atoms with E-state index in [1.165, 1.54) is 0 Å². The van der Waals surface area contributed by atoms with Gasteiger partial charge in [-0.1, -0.05) is 0 Å². The predicted molar refractivity (Wildman–Crippen MR) is 66.2 cm³/mol. The Hall–Kier alpha value is -1.85. The molecule has 1 amide bonds. The Bertz CT molecular complexity index is 461. The lowest BCUT2D eigenvalue weighted by molar-refractivity contribution is -0.144. The molecule has 104 valence electrons. The van der Waals surface area contributed by atoms with Gasteiger partial charge in [0.05, 0.1) is 18.7 Å². The second-order valence-electron chi connectivity index (χ2n) is 4.97. The fraction of sp³-hybridized carbons (Fsp3) is 0.615. The van der Waals surface area contributed by atoms with E-state index in [9.17, 15) is 9.59 Å². The van der Waals surface area contributed by atoms with Crippen molar-refractivity contribution in [2.24, 2.45) is 11.8 Å². The summed E-state index contributed by atoms with van der Waals surface area (Å²) in [6, 6.07) is 0. The minimum atomic E-state index is -0.755. The van der Waals surface area contributed by atoms with Crippen LogP contribution in [0.1, 0.15) is 37.3 Å². The van der Waals surface area contributed by atoms with E-state index in [0.29, 0.717) is 37.3 Å². The van der Waals surface area contributed by atoms with Crippen LogP contribution in [0.5, 0.6) is 0 Å². The highest BCUT2D eigenvalue weighted by Gasteiger charge is 2.29. The number of carbonyl (C=O) groups excluding carboxylic acids is 1. The normalized spacial score (nSPS) is 23.0. The third kappa shape index (κ3) is 3.56. The maximum absolute atomic E-state index is 11.9. The van der Waals surface area contributed by atoms with Crippen molar-refractivity contribution in [1.29, 1.82) is 0 Å². The lowest BCUT2D eigenvalue weighted by atomic mass is 9.81. The van der Waals surface area contributed by atoms with Crippen LogP contribution < -0.4 is 5.32 Å². The van der Waals surface area contributed by atoms with Crippen LogP contribution in [0.15, 0.2) is 10.6 Å². The van der Waals surface area contributed by atoms with Crippen LogP contribution in [0.2, 0.25) is 0 Å².